The Morgan fingerprint density at radius 3 is 2.76 bits per heavy atom. The lowest BCUT2D eigenvalue weighted by Crippen LogP contribution is -2.28. The Labute approximate surface area is 113 Å². The lowest BCUT2D eigenvalue weighted by atomic mass is 10.1. The van der Waals surface area contributed by atoms with Gasteiger partial charge in [0.2, 0.25) is 0 Å². The second-order valence-corrected chi connectivity index (χ2v) is 4.73. The molecular formula is C13H19Cl2NO. The zero-order valence-corrected chi connectivity index (χ0v) is 11.8. The Hall–Kier alpha value is -0.440. The Bertz CT molecular complexity index is 344. The van der Waals surface area contributed by atoms with E-state index in [1.807, 2.05) is 18.2 Å². The Morgan fingerprint density at radius 1 is 1.41 bits per heavy atom. The SMILES string of the molecule is CCC(CCCl)NCc1cc(Cl)ccc1OC. The third-order valence-corrected chi connectivity index (χ3v) is 3.23. The standard InChI is InChI=1S/C13H19Cl2NO/c1-3-12(6-7-14)16-9-10-8-11(15)4-5-13(10)17-2/h4-5,8,12,16H,3,6-7,9H2,1-2H3. The minimum Gasteiger partial charge on any atom is -0.496 e. The van der Waals surface area contributed by atoms with E-state index in [9.17, 15) is 0 Å². The molecule has 0 aliphatic heterocycles. The molecule has 4 heteroatoms. The van der Waals surface area contributed by atoms with Gasteiger partial charge in [-0.25, -0.2) is 0 Å². The molecular weight excluding hydrogens is 257 g/mol. The van der Waals surface area contributed by atoms with E-state index < -0.39 is 0 Å². The van der Waals surface area contributed by atoms with Crippen molar-refractivity contribution in [3.8, 4) is 5.75 Å². The van der Waals surface area contributed by atoms with Gasteiger partial charge in [0.25, 0.3) is 0 Å². The molecule has 0 bridgehead atoms. The van der Waals surface area contributed by atoms with Crippen LogP contribution in [-0.4, -0.2) is 19.0 Å². The highest BCUT2D eigenvalue weighted by Gasteiger charge is 2.08. The Kier molecular flexibility index (Phi) is 6.71. The highest BCUT2D eigenvalue weighted by atomic mass is 35.5. The first kappa shape index (κ1) is 14.6. The first-order valence-corrected chi connectivity index (χ1v) is 6.74. The van der Waals surface area contributed by atoms with Crippen LogP contribution in [0.1, 0.15) is 25.3 Å². The molecule has 0 saturated carbocycles. The average Bonchev–Trinajstić information content (AvgIpc) is 2.34. The zero-order chi connectivity index (χ0) is 12.7. The van der Waals surface area contributed by atoms with Gasteiger partial charge >= 0.3 is 0 Å². The molecule has 1 aromatic carbocycles. The monoisotopic (exact) mass is 275 g/mol. The van der Waals surface area contributed by atoms with Crippen molar-refractivity contribution in [1.82, 2.24) is 5.32 Å². The van der Waals surface area contributed by atoms with E-state index in [0.717, 1.165) is 35.7 Å². The van der Waals surface area contributed by atoms with Gasteiger partial charge in [-0.3, -0.25) is 0 Å². The molecule has 96 valence electrons. The molecule has 0 heterocycles. The molecule has 2 nitrogen and oxygen atoms in total. The maximum Gasteiger partial charge on any atom is 0.123 e. The molecule has 0 aliphatic carbocycles. The molecule has 1 aromatic rings. The summed E-state index contributed by atoms with van der Waals surface area (Å²) in [5.74, 6) is 1.54. The summed E-state index contributed by atoms with van der Waals surface area (Å²) in [6.45, 7) is 2.90. The predicted octanol–water partition coefficient (Wildman–Crippen LogP) is 3.85. The summed E-state index contributed by atoms with van der Waals surface area (Å²) in [7, 11) is 1.67. The summed E-state index contributed by atoms with van der Waals surface area (Å²) in [5.41, 5.74) is 1.08. The molecule has 1 unspecified atom stereocenters. The molecule has 0 fully saturated rings. The van der Waals surface area contributed by atoms with Crippen LogP contribution in [-0.2, 0) is 6.54 Å². The number of benzene rings is 1. The molecule has 0 saturated heterocycles. The van der Waals surface area contributed by atoms with E-state index in [1.54, 1.807) is 7.11 Å². The van der Waals surface area contributed by atoms with Gasteiger partial charge in [-0.05, 0) is 31.0 Å². The summed E-state index contributed by atoms with van der Waals surface area (Å²) < 4.78 is 5.30. The minimum absolute atomic E-state index is 0.441. The van der Waals surface area contributed by atoms with Crippen molar-refractivity contribution in [1.29, 1.82) is 0 Å². The van der Waals surface area contributed by atoms with Crippen LogP contribution in [0.4, 0.5) is 0 Å². The smallest absolute Gasteiger partial charge is 0.123 e. The predicted molar refractivity (Wildman–Crippen MR) is 74.3 cm³/mol. The van der Waals surface area contributed by atoms with Crippen LogP contribution in [0.25, 0.3) is 0 Å². The quantitative estimate of drug-likeness (QED) is 0.764. The lowest BCUT2D eigenvalue weighted by molar-refractivity contribution is 0.403. The van der Waals surface area contributed by atoms with E-state index in [-0.39, 0.29) is 0 Å². The molecule has 1 atom stereocenters. The molecule has 1 N–H and O–H groups in total. The maximum absolute atomic E-state index is 5.98. The molecule has 0 spiro atoms. The van der Waals surface area contributed by atoms with E-state index in [4.69, 9.17) is 27.9 Å². The molecule has 1 rings (SSSR count). The maximum atomic E-state index is 5.98. The number of alkyl halides is 1. The number of nitrogens with one attached hydrogen (secondary N) is 1. The van der Waals surface area contributed by atoms with Crippen molar-refractivity contribution < 1.29 is 4.74 Å². The van der Waals surface area contributed by atoms with Gasteiger partial charge < -0.3 is 10.1 Å². The van der Waals surface area contributed by atoms with Crippen molar-refractivity contribution in [3.63, 3.8) is 0 Å². The van der Waals surface area contributed by atoms with Crippen LogP contribution in [0, 0.1) is 0 Å². The zero-order valence-electron chi connectivity index (χ0n) is 10.3. The van der Waals surface area contributed by atoms with E-state index in [1.165, 1.54) is 0 Å². The molecule has 0 aromatic heterocycles. The fraction of sp³-hybridized carbons (Fsp3) is 0.538. The van der Waals surface area contributed by atoms with Gasteiger partial charge in [0.1, 0.15) is 5.75 Å². The highest BCUT2D eigenvalue weighted by Crippen LogP contribution is 2.22. The fourth-order valence-corrected chi connectivity index (χ4v) is 2.18. The topological polar surface area (TPSA) is 21.3 Å². The largest absolute Gasteiger partial charge is 0.496 e. The van der Waals surface area contributed by atoms with E-state index >= 15 is 0 Å². The van der Waals surface area contributed by atoms with Crippen LogP contribution in [0.5, 0.6) is 5.75 Å². The molecule has 17 heavy (non-hydrogen) atoms. The Morgan fingerprint density at radius 2 is 2.18 bits per heavy atom. The summed E-state index contributed by atoms with van der Waals surface area (Å²) in [5, 5.41) is 4.20. The minimum atomic E-state index is 0.441. The van der Waals surface area contributed by atoms with Crippen molar-refractivity contribution >= 4 is 23.2 Å². The number of hydrogen-bond acceptors (Lipinski definition) is 2. The van der Waals surface area contributed by atoms with Crippen LogP contribution >= 0.6 is 23.2 Å². The number of hydrogen-bond donors (Lipinski definition) is 1. The number of rotatable bonds is 7. The second kappa shape index (κ2) is 7.80. The van der Waals surface area contributed by atoms with Gasteiger partial charge in [0, 0.05) is 29.1 Å². The van der Waals surface area contributed by atoms with Gasteiger partial charge in [0.05, 0.1) is 7.11 Å². The third-order valence-electron chi connectivity index (χ3n) is 2.77. The normalized spacial score (nSPS) is 12.5. The number of halogens is 2. The first-order chi connectivity index (χ1) is 8.21. The van der Waals surface area contributed by atoms with Crippen molar-refractivity contribution in [2.75, 3.05) is 13.0 Å². The third kappa shape index (κ3) is 4.74. The summed E-state index contributed by atoms with van der Waals surface area (Å²) in [4.78, 5) is 0. The number of ether oxygens (including phenoxy) is 1. The van der Waals surface area contributed by atoms with E-state index in [2.05, 4.69) is 12.2 Å². The fourth-order valence-electron chi connectivity index (χ4n) is 1.72. The van der Waals surface area contributed by atoms with Gasteiger partial charge in [-0.1, -0.05) is 18.5 Å². The summed E-state index contributed by atoms with van der Waals surface area (Å²) in [6.07, 6.45) is 2.04. The van der Waals surface area contributed by atoms with Gasteiger partial charge in [-0.15, -0.1) is 11.6 Å². The van der Waals surface area contributed by atoms with Crippen LogP contribution in [0.3, 0.4) is 0 Å². The van der Waals surface area contributed by atoms with Crippen molar-refractivity contribution in [3.05, 3.63) is 28.8 Å². The van der Waals surface area contributed by atoms with Gasteiger partial charge in [0.15, 0.2) is 0 Å². The van der Waals surface area contributed by atoms with E-state index in [0.29, 0.717) is 11.9 Å². The van der Waals surface area contributed by atoms with Crippen LogP contribution in [0.15, 0.2) is 18.2 Å². The Balaban J connectivity index is 2.63. The van der Waals surface area contributed by atoms with Crippen molar-refractivity contribution in [2.45, 2.75) is 32.4 Å². The second-order valence-electron chi connectivity index (χ2n) is 3.92. The lowest BCUT2D eigenvalue weighted by Gasteiger charge is -2.17. The number of methoxy groups -OCH3 is 1. The van der Waals surface area contributed by atoms with Crippen molar-refractivity contribution in [2.24, 2.45) is 0 Å². The summed E-state index contributed by atoms with van der Waals surface area (Å²) in [6, 6.07) is 6.10. The molecule has 0 radical (unpaired) electrons. The average molecular weight is 276 g/mol. The van der Waals surface area contributed by atoms with Gasteiger partial charge in [-0.2, -0.15) is 0 Å². The molecule has 0 aliphatic rings. The highest BCUT2D eigenvalue weighted by molar-refractivity contribution is 6.30. The molecule has 0 amide bonds. The first-order valence-electron chi connectivity index (χ1n) is 5.83. The van der Waals surface area contributed by atoms with Crippen LogP contribution in [0.2, 0.25) is 5.02 Å². The van der Waals surface area contributed by atoms with Crippen LogP contribution < -0.4 is 10.1 Å². The summed E-state index contributed by atoms with van der Waals surface area (Å²) >= 11 is 11.7.